The molecule has 4 rings (SSSR count). The van der Waals surface area contributed by atoms with Crippen LogP contribution in [-0.2, 0) is 23.9 Å². The van der Waals surface area contributed by atoms with Gasteiger partial charge < -0.3 is 14.6 Å². The molecule has 0 amide bonds. The van der Waals surface area contributed by atoms with Crippen LogP contribution in [0, 0.1) is 28.6 Å². The van der Waals surface area contributed by atoms with Crippen molar-refractivity contribution < 1.29 is 29.0 Å². The van der Waals surface area contributed by atoms with E-state index >= 15 is 0 Å². The monoisotopic (exact) mass is 378 g/mol. The molecule has 27 heavy (non-hydrogen) atoms. The summed E-state index contributed by atoms with van der Waals surface area (Å²) in [5.74, 6) is -0.250. The summed E-state index contributed by atoms with van der Waals surface area (Å²) in [4.78, 5) is 36.5. The predicted molar refractivity (Wildman–Crippen MR) is 95.5 cm³/mol. The van der Waals surface area contributed by atoms with E-state index in [1.54, 1.807) is 0 Å². The van der Waals surface area contributed by atoms with Gasteiger partial charge >= 0.3 is 11.9 Å². The molecular weight excluding hydrogens is 348 g/mol. The zero-order chi connectivity index (χ0) is 19.6. The van der Waals surface area contributed by atoms with E-state index < -0.39 is 17.1 Å². The van der Waals surface area contributed by atoms with Crippen molar-refractivity contribution in [3.8, 4) is 0 Å². The fourth-order valence-corrected chi connectivity index (χ4v) is 6.79. The second-order valence-electron chi connectivity index (χ2n) is 9.81. The number of Topliss-reactive ketones (excluding diaryl/α,β-unsaturated/α-hetero) is 1. The Balaban J connectivity index is 1.66. The molecule has 0 radical (unpaired) electrons. The van der Waals surface area contributed by atoms with Crippen molar-refractivity contribution >= 4 is 17.7 Å². The van der Waals surface area contributed by atoms with Gasteiger partial charge in [-0.05, 0) is 43.4 Å². The molecule has 3 saturated carbocycles. The summed E-state index contributed by atoms with van der Waals surface area (Å²) in [7, 11) is 0. The van der Waals surface area contributed by atoms with E-state index in [2.05, 4.69) is 6.92 Å². The van der Waals surface area contributed by atoms with Crippen molar-refractivity contribution in [3.05, 3.63) is 0 Å². The number of carbonyl (C=O) groups excluding carboxylic acids is 3. The van der Waals surface area contributed by atoms with Gasteiger partial charge in [-0.15, -0.1) is 0 Å². The van der Waals surface area contributed by atoms with E-state index in [0.717, 1.165) is 12.8 Å². The molecule has 0 unspecified atom stereocenters. The van der Waals surface area contributed by atoms with Gasteiger partial charge in [-0.25, -0.2) is 0 Å². The molecule has 0 spiro atoms. The minimum Gasteiger partial charge on any atom is -0.465 e. The average Bonchev–Trinajstić information content (AvgIpc) is 2.58. The van der Waals surface area contributed by atoms with Crippen LogP contribution < -0.4 is 0 Å². The highest BCUT2D eigenvalue weighted by molar-refractivity contribution is 5.90. The van der Waals surface area contributed by atoms with E-state index in [0.29, 0.717) is 32.3 Å². The van der Waals surface area contributed by atoms with Crippen LogP contribution in [0.4, 0.5) is 0 Å². The first-order valence-corrected chi connectivity index (χ1v) is 10.2. The fraction of sp³-hybridized carbons (Fsp3) is 0.857. The lowest BCUT2D eigenvalue weighted by Crippen LogP contribution is -2.68. The van der Waals surface area contributed by atoms with Crippen LogP contribution in [0.3, 0.4) is 0 Å². The van der Waals surface area contributed by atoms with Crippen molar-refractivity contribution in [2.24, 2.45) is 28.6 Å². The van der Waals surface area contributed by atoms with Gasteiger partial charge in [0, 0.05) is 37.0 Å². The number of hydrogen-bond donors (Lipinski definition) is 1. The number of esters is 2. The number of aliphatic hydroxyl groups is 1. The molecule has 1 saturated heterocycles. The van der Waals surface area contributed by atoms with Crippen LogP contribution in [-0.4, -0.2) is 41.1 Å². The topological polar surface area (TPSA) is 89.9 Å². The van der Waals surface area contributed by atoms with Crippen LogP contribution in [0.15, 0.2) is 0 Å². The van der Waals surface area contributed by atoms with Crippen LogP contribution >= 0.6 is 0 Å². The molecule has 0 aromatic rings. The number of cyclic esters (lactones) is 1. The second kappa shape index (κ2) is 6.03. The molecule has 6 nitrogen and oxygen atoms in total. The normalized spacial score (nSPS) is 49.3. The number of carbonyl (C=O) groups is 3. The molecule has 6 heteroatoms. The highest BCUT2D eigenvalue weighted by Crippen LogP contribution is 2.64. The van der Waals surface area contributed by atoms with Crippen LogP contribution in [0.5, 0.6) is 0 Å². The third-order valence-electron chi connectivity index (χ3n) is 8.39. The van der Waals surface area contributed by atoms with Gasteiger partial charge in [0.05, 0.1) is 6.61 Å². The van der Waals surface area contributed by atoms with Crippen LogP contribution in [0.2, 0.25) is 0 Å². The maximum Gasteiger partial charge on any atom is 0.306 e. The molecule has 0 aromatic carbocycles. The molecule has 4 fully saturated rings. The maximum absolute atomic E-state index is 13.2. The average molecular weight is 378 g/mol. The van der Waals surface area contributed by atoms with Crippen molar-refractivity contribution in [2.45, 2.75) is 77.4 Å². The molecule has 1 heterocycles. The van der Waals surface area contributed by atoms with Crippen molar-refractivity contribution in [2.75, 3.05) is 6.61 Å². The van der Waals surface area contributed by atoms with Crippen molar-refractivity contribution in [1.82, 2.24) is 0 Å². The first kappa shape index (κ1) is 18.9. The Morgan fingerprint density at radius 2 is 1.89 bits per heavy atom. The SMILES string of the molecule is CC(=O)O[C@H]1CC[C@]2(C)[C@H]3CC[C@]4(C)COC(=O)C[C@H]4[C@@H]3CC(=O)[C@@]2(O)C1. The Kier molecular flexibility index (Phi) is 4.22. The number of hydrogen-bond acceptors (Lipinski definition) is 6. The van der Waals surface area contributed by atoms with E-state index in [-0.39, 0.29) is 47.3 Å². The Morgan fingerprint density at radius 3 is 2.59 bits per heavy atom. The Bertz CT molecular complexity index is 688. The molecule has 0 aromatic heterocycles. The van der Waals surface area contributed by atoms with E-state index in [1.807, 2.05) is 6.92 Å². The summed E-state index contributed by atoms with van der Waals surface area (Å²) in [5, 5.41) is 11.5. The Morgan fingerprint density at radius 1 is 1.15 bits per heavy atom. The first-order chi connectivity index (χ1) is 12.6. The lowest BCUT2D eigenvalue weighted by Gasteiger charge is -2.63. The molecule has 150 valence electrons. The summed E-state index contributed by atoms with van der Waals surface area (Å²) >= 11 is 0. The van der Waals surface area contributed by atoms with Gasteiger partial charge in [0.1, 0.15) is 11.7 Å². The van der Waals surface area contributed by atoms with Gasteiger partial charge in [0.15, 0.2) is 5.78 Å². The zero-order valence-corrected chi connectivity index (χ0v) is 16.5. The van der Waals surface area contributed by atoms with E-state index in [1.165, 1.54) is 6.92 Å². The second-order valence-corrected chi connectivity index (χ2v) is 9.81. The molecule has 1 aliphatic heterocycles. The Hall–Kier alpha value is -1.43. The van der Waals surface area contributed by atoms with Gasteiger partial charge in [-0.3, -0.25) is 14.4 Å². The van der Waals surface area contributed by atoms with E-state index in [4.69, 9.17) is 9.47 Å². The number of rotatable bonds is 1. The van der Waals surface area contributed by atoms with Crippen LogP contribution in [0.25, 0.3) is 0 Å². The predicted octanol–water partition coefficient (Wildman–Crippen LogP) is 2.41. The Labute approximate surface area is 160 Å². The fourth-order valence-electron chi connectivity index (χ4n) is 6.79. The molecule has 4 aliphatic rings. The standard InChI is InChI=1S/C21H30O6/c1-12(22)27-13-4-7-20(3)15-5-6-19(2)11-26-18(24)9-16(19)14(15)8-17(23)21(20,25)10-13/h13-16,25H,4-11H2,1-3H3/t13-,14+,15-,16-,19+,20+,21-/m0/s1. The van der Waals surface area contributed by atoms with Crippen molar-refractivity contribution in [3.63, 3.8) is 0 Å². The van der Waals surface area contributed by atoms with Crippen molar-refractivity contribution in [1.29, 1.82) is 0 Å². The lowest BCUT2D eigenvalue weighted by molar-refractivity contribution is -0.224. The molecule has 0 bridgehead atoms. The van der Waals surface area contributed by atoms with Gasteiger partial charge in [-0.2, -0.15) is 0 Å². The number of ether oxygens (including phenoxy) is 2. The zero-order valence-electron chi connectivity index (χ0n) is 16.5. The highest BCUT2D eigenvalue weighted by atomic mass is 16.5. The smallest absolute Gasteiger partial charge is 0.306 e. The lowest BCUT2D eigenvalue weighted by atomic mass is 9.42. The minimum atomic E-state index is -1.45. The third kappa shape index (κ3) is 2.66. The van der Waals surface area contributed by atoms with E-state index in [9.17, 15) is 19.5 Å². The summed E-state index contributed by atoms with van der Waals surface area (Å²) in [6.45, 7) is 6.01. The third-order valence-corrected chi connectivity index (χ3v) is 8.39. The largest absolute Gasteiger partial charge is 0.465 e. The summed E-state index contributed by atoms with van der Waals surface area (Å²) in [6.07, 6.45) is 3.65. The summed E-state index contributed by atoms with van der Waals surface area (Å²) < 4.78 is 10.7. The number of fused-ring (bicyclic) bond motifs is 5. The highest BCUT2D eigenvalue weighted by Gasteiger charge is 2.67. The van der Waals surface area contributed by atoms with Gasteiger partial charge in [0.25, 0.3) is 0 Å². The van der Waals surface area contributed by atoms with Gasteiger partial charge in [0.2, 0.25) is 0 Å². The molecule has 3 aliphatic carbocycles. The summed E-state index contributed by atoms with van der Waals surface area (Å²) in [6, 6.07) is 0. The minimum absolute atomic E-state index is 0.0733. The molecule has 1 N–H and O–H groups in total. The molecular formula is C21H30O6. The molecule has 7 atom stereocenters. The first-order valence-electron chi connectivity index (χ1n) is 10.2. The maximum atomic E-state index is 13.2. The summed E-state index contributed by atoms with van der Waals surface area (Å²) in [5.41, 5.74) is -2.06. The van der Waals surface area contributed by atoms with Crippen LogP contribution in [0.1, 0.15) is 65.7 Å². The quantitative estimate of drug-likeness (QED) is 0.705. The van der Waals surface area contributed by atoms with Gasteiger partial charge in [-0.1, -0.05) is 13.8 Å². The number of ketones is 1.